The van der Waals surface area contributed by atoms with Crippen LogP contribution in [0.25, 0.3) is 0 Å². The second-order valence-electron chi connectivity index (χ2n) is 7.93. The van der Waals surface area contributed by atoms with Crippen molar-refractivity contribution >= 4 is 24.3 Å². The Morgan fingerprint density at radius 2 is 1.14 bits per heavy atom. The number of hydrogen-bond acceptors (Lipinski definition) is 3. The molecule has 0 aliphatic carbocycles. The van der Waals surface area contributed by atoms with Crippen LogP contribution < -0.4 is 11.5 Å². The topological polar surface area (TPSA) is 90.7 Å². The standard InChI is InChI=1S/C23H47N3O2.ClH/c1-2-3-4-5-6-7-8-9-10-11-12-13-14-18-21-28-22(27)19-16-15-17-20-26-23(24)25;/h2-21H2,1H3,(H4,24,25,26);1H. The van der Waals surface area contributed by atoms with Gasteiger partial charge in [0.25, 0.3) is 0 Å². The number of esters is 1. The summed E-state index contributed by atoms with van der Waals surface area (Å²) in [6.45, 7) is 3.48. The zero-order chi connectivity index (χ0) is 20.7. The van der Waals surface area contributed by atoms with Gasteiger partial charge in [-0.05, 0) is 19.3 Å². The van der Waals surface area contributed by atoms with Crippen molar-refractivity contribution in [2.24, 2.45) is 16.5 Å². The Balaban J connectivity index is 0. The quantitative estimate of drug-likeness (QED) is 0.0965. The average molecular weight is 434 g/mol. The molecule has 0 rings (SSSR count). The summed E-state index contributed by atoms with van der Waals surface area (Å²) in [4.78, 5) is 15.5. The maximum atomic E-state index is 11.6. The number of nitrogens with two attached hydrogens (primary N) is 2. The van der Waals surface area contributed by atoms with Gasteiger partial charge in [-0.25, -0.2) is 0 Å². The van der Waals surface area contributed by atoms with Crippen LogP contribution in [0.2, 0.25) is 0 Å². The summed E-state index contributed by atoms with van der Waals surface area (Å²) in [7, 11) is 0. The summed E-state index contributed by atoms with van der Waals surface area (Å²) in [5.41, 5.74) is 10.5. The number of carbonyl (C=O) groups excluding carboxylic acids is 1. The molecule has 0 fully saturated rings. The second kappa shape index (κ2) is 25.1. The van der Waals surface area contributed by atoms with Crippen molar-refractivity contribution in [1.82, 2.24) is 0 Å². The van der Waals surface area contributed by atoms with E-state index in [0.717, 1.165) is 25.7 Å². The number of aliphatic imine (C=N–C) groups is 1. The summed E-state index contributed by atoms with van der Waals surface area (Å²) in [5.74, 6) is 0.0594. The molecule has 0 unspecified atom stereocenters. The molecule has 0 aromatic rings. The lowest BCUT2D eigenvalue weighted by atomic mass is 10.0. The van der Waals surface area contributed by atoms with Crippen molar-refractivity contribution < 1.29 is 9.53 Å². The third-order valence-corrected chi connectivity index (χ3v) is 5.09. The molecule has 0 bridgehead atoms. The zero-order valence-corrected chi connectivity index (χ0v) is 19.8. The molecule has 0 spiro atoms. The smallest absolute Gasteiger partial charge is 0.305 e. The van der Waals surface area contributed by atoms with Crippen LogP contribution in [0.3, 0.4) is 0 Å². The third kappa shape index (κ3) is 27.0. The number of rotatable bonds is 21. The molecule has 174 valence electrons. The summed E-state index contributed by atoms with van der Waals surface area (Å²) in [6.07, 6.45) is 21.9. The molecule has 0 saturated carbocycles. The number of guanidine groups is 1. The highest BCUT2D eigenvalue weighted by Crippen LogP contribution is 2.13. The molecule has 0 aliphatic heterocycles. The minimum atomic E-state index is -0.0727. The Labute approximate surface area is 186 Å². The zero-order valence-electron chi connectivity index (χ0n) is 19.0. The van der Waals surface area contributed by atoms with Crippen LogP contribution in [0.4, 0.5) is 0 Å². The van der Waals surface area contributed by atoms with Gasteiger partial charge in [0, 0.05) is 13.0 Å². The number of unbranched alkanes of at least 4 members (excludes halogenated alkanes) is 15. The third-order valence-electron chi connectivity index (χ3n) is 5.09. The molecule has 0 aromatic heterocycles. The van der Waals surface area contributed by atoms with Gasteiger partial charge in [0.15, 0.2) is 5.96 Å². The Hall–Kier alpha value is -0.970. The SMILES string of the molecule is CCCCCCCCCCCCCCCCOC(=O)CCCCCN=C(N)N.Cl. The summed E-state index contributed by atoms with van der Waals surface area (Å²) < 4.78 is 5.29. The Morgan fingerprint density at radius 1 is 0.690 bits per heavy atom. The molecule has 0 heterocycles. The molecular formula is C23H48ClN3O2. The van der Waals surface area contributed by atoms with Crippen LogP contribution in [-0.4, -0.2) is 25.1 Å². The fourth-order valence-corrected chi connectivity index (χ4v) is 3.32. The monoisotopic (exact) mass is 433 g/mol. The predicted octanol–water partition coefficient (Wildman–Crippen LogP) is 6.27. The van der Waals surface area contributed by atoms with Gasteiger partial charge in [0.2, 0.25) is 0 Å². The van der Waals surface area contributed by atoms with Crippen LogP contribution in [0, 0.1) is 0 Å². The number of nitrogens with zero attached hydrogens (tertiary/aromatic N) is 1. The molecule has 4 N–H and O–H groups in total. The molecular weight excluding hydrogens is 386 g/mol. The highest BCUT2D eigenvalue weighted by atomic mass is 35.5. The van der Waals surface area contributed by atoms with Crippen LogP contribution >= 0.6 is 12.4 Å². The van der Waals surface area contributed by atoms with Crippen molar-refractivity contribution in [2.45, 2.75) is 122 Å². The molecule has 5 nitrogen and oxygen atoms in total. The van der Waals surface area contributed by atoms with Crippen molar-refractivity contribution in [3.05, 3.63) is 0 Å². The lowest BCUT2D eigenvalue weighted by molar-refractivity contribution is -0.143. The number of carbonyl (C=O) groups is 1. The first kappa shape index (κ1) is 30.2. The Bertz CT molecular complexity index is 375. The average Bonchev–Trinajstić information content (AvgIpc) is 2.67. The van der Waals surface area contributed by atoms with Crippen LogP contribution in [-0.2, 0) is 9.53 Å². The molecule has 0 saturated heterocycles. The molecule has 0 aliphatic rings. The van der Waals surface area contributed by atoms with Gasteiger partial charge in [-0.3, -0.25) is 9.79 Å². The fourth-order valence-electron chi connectivity index (χ4n) is 3.32. The predicted molar refractivity (Wildman–Crippen MR) is 128 cm³/mol. The van der Waals surface area contributed by atoms with E-state index >= 15 is 0 Å². The van der Waals surface area contributed by atoms with E-state index in [9.17, 15) is 4.79 Å². The van der Waals surface area contributed by atoms with Gasteiger partial charge in [0.05, 0.1) is 6.61 Å². The van der Waals surface area contributed by atoms with E-state index in [4.69, 9.17) is 16.2 Å². The highest BCUT2D eigenvalue weighted by Gasteiger charge is 2.02. The van der Waals surface area contributed by atoms with E-state index in [-0.39, 0.29) is 24.3 Å². The lowest BCUT2D eigenvalue weighted by Crippen LogP contribution is -2.22. The first-order valence-electron chi connectivity index (χ1n) is 11.9. The van der Waals surface area contributed by atoms with E-state index in [1.54, 1.807) is 0 Å². The summed E-state index contributed by atoms with van der Waals surface area (Å²) in [5, 5.41) is 0. The van der Waals surface area contributed by atoms with Gasteiger partial charge < -0.3 is 16.2 Å². The van der Waals surface area contributed by atoms with Gasteiger partial charge in [0.1, 0.15) is 0 Å². The molecule has 29 heavy (non-hydrogen) atoms. The Kier molecular flexibility index (Phi) is 26.1. The van der Waals surface area contributed by atoms with E-state index in [1.165, 1.54) is 83.5 Å². The number of hydrogen-bond donors (Lipinski definition) is 2. The Morgan fingerprint density at radius 3 is 1.62 bits per heavy atom. The molecule has 0 atom stereocenters. The van der Waals surface area contributed by atoms with Crippen LogP contribution in [0.1, 0.15) is 122 Å². The van der Waals surface area contributed by atoms with E-state index in [2.05, 4.69) is 11.9 Å². The van der Waals surface area contributed by atoms with Crippen LogP contribution in [0.15, 0.2) is 4.99 Å². The van der Waals surface area contributed by atoms with Crippen molar-refractivity contribution in [3.63, 3.8) is 0 Å². The van der Waals surface area contributed by atoms with Gasteiger partial charge in [-0.1, -0.05) is 96.8 Å². The first-order valence-corrected chi connectivity index (χ1v) is 11.9. The minimum Gasteiger partial charge on any atom is -0.466 e. The van der Waals surface area contributed by atoms with Gasteiger partial charge >= 0.3 is 5.97 Å². The first-order chi connectivity index (χ1) is 13.7. The largest absolute Gasteiger partial charge is 0.466 e. The highest BCUT2D eigenvalue weighted by molar-refractivity contribution is 5.85. The van der Waals surface area contributed by atoms with Gasteiger partial charge in [-0.15, -0.1) is 12.4 Å². The molecule has 6 heteroatoms. The molecule has 0 aromatic carbocycles. The molecule has 0 amide bonds. The summed E-state index contributed by atoms with van der Waals surface area (Å²) in [6, 6.07) is 0. The second-order valence-corrected chi connectivity index (χ2v) is 7.93. The normalized spacial score (nSPS) is 10.4. The van der Waals surface area contributed by atoms with Crippen molar-refractivity contribution in [3.8, 4) is 0 Å². The number of halogens is 1. The van der Waals surface area contributed by atoms with Crippen molar-refractivity contribution in [1.29, 1.82) is 0 Å². The van der Waals surface area contributed by atoms with E-state index < -0.39 is 0 Å². The van der Waals surface area contributed by atoms with Crippen LogP contribution in [0.5, 0.6) is 0 Å². The van der Waals surface area contributed by atoms with E-state index in [0.29, 0.717) is 19.6 Å². The fraction of sp³-hybridized carbons (Fsp3) is 0.913. The summed E-state index contributed by atoms with van der Waals surface area (Å²) >= 11 is 0. The maximum Gasteiger partial charge on any atom is 0.305 e. The number of ether oxygens (including phenoxy) is 1. The van der Waals surface area contributed by atoms with E-state index in [1.807, 2.05) is 0 Å². The lowest BCUT2D eigenvalue weighted by Gasteiger charge is -2.05. The minimum absolute atomic E-state index is 0. The van der Waals surface area contributed by atoms with Crippen molar-refractivity contribution in [2.75, 3.05) is 13.2 Å². The maximum absolute atomic E-state index is 11.6. The van der Waals surface area contributed by atoms with Gasteiger partial charge in [-0.2, -0.15) is 0 Å². The molecule has 0 radical (unpaired) electrons.